The minimum atomic E-state index is -0.492. The molecule has 0 saturated carbocycles. The van der Waals surface area contributed by atoms with Crippen LogP contribution in [0.2, 0.25) is 0 Å². The van der Waals surface area contributed by atoms with Gasteiger partial charge in [-0.15, -0.1) is 11.3 Å². The number of amides is 1. The minimum Gasteiger partial charge on any atom is -0.395 e. The number of fused-ring (bicyclic) bond motifs is 1. The van der Waals surface area contributed by atoms with Crippen LogP contribution in [0.5, 0.6) is 0 Å². The summed E-state index contributed by atoms with van der Waals surface area (Å²) in [6.07, 6.45) is 0. The third-order valence-electron chi connectivity index (χ3n) is 3.98. The van der Waals surface area contributed by atoms with Crippen molar-refractivity contribution in [2.24, 2.45) is 0 Å². The summed E-state index contributed by atoms with van der Waals surface area (Å²) in [6, 6.07) is 18.0. The highest BCUT2D eigenvalue weighted by Gasteiger charge is 2.11. The molecule has 3 N–H and O–H groups in total. The lowest BCUT2D eigenvalue weighted by Crippen LogP contribution is -2.26. The van der Waals surface area contributed by atoms with Gasteiger partial charge in [0.15, 0.2) is 0 Å². The Morgan fingerprint density at radius 2 is 1.80 bits per heavy atom. The normalized spacial score (nSPS) is 11.2. The number of rotatable bonds is 7. The Labute approximate surface area is 150 Å². The molecule has 0 saturated heterocycles. The van der Waals surface area contributed by atoms with Crippen molar-refractivity contribution in [3.8, 4) is 0 Å². The van der Waals surface area contributed by atoms with Crippen LogP contribution >= 0.6 is 11.3 Å². The number of nitrogens with zero attached hydrogens (tertiary/aromatic N) is 1. The Hall–Kier alpha value is -2.25. The molecule has 0 aliphatic heterocycles. The molecular weight excluding hydrogens is 336 g/mol. The second-order valence-electron chi connectivity index (χ2n) is 5.84. The fraction of sp³-hybridized carbons (Fsp3) is 0.211. The molecule has 5 nitrogen and oxygen atoms in total. The number of aliphatic hydroxyl groups is 1. The zero-order chi connectivity index (χ0) is 17.6. The number of aliphatic hydroxyl groups excluding tert-OH is 1. The SMILES string of the molecule is O=C(NO)c1cc2ccc(CN(CCO)Cc3ccccc3)cc2s1. The second-order valence-corrected chi connectivity index (χ2v) is 6.93. The number of carbonyl (C=O) groups is 1. The predicted molar refractivity (Wildman–Crippen MR) is 98.7 cm³/mol. The van der Waals surface area contributed by atoms with Crippen LogP contribution in [-0.4, -0.2) is 34.3 Å². The van der Waals surface area contributed by atoms with Gasteiger partial charge in [-0.25, -0.2) is 5.48 Å². The smallest absolute Gasteiger partial charge is 0.284 e. The molecule has 2 aromatic carbocycles. The minimum absolute atomic E-state index is 0.106. The molecule has 1 aromatic heterocycles. The highest BCUT2D eigenvalue weighted by Crippen LogP contribution is 2.27. The van der Waals surface area contributed by atoms with E-state index in [4.69, 9.17) is 5.21 Å². The van der Waals surface area contributed by atoms with Crippen LogP contribution in [0.3, 0.4) is 0 Å². The molecule has 0 atom stereocenters. The highest BCUT2D eigenvalue weighted by molar-refractivity contribution is 7.20. The number of hydroxylamine groups is 1. The molecule has 1 amide bonds. The maximum Gasteiger partial charge on any atom is 0.284 e. The maximum atomic E-state index is 11.5. The third-order valence-corrected chi connectivity index (χ3v) is 5.08. The van der Waals surface area contributed by atoms with Gasteiger partial charge in [0.1, 0.15) is 0 Å². The summed E-state index contributed by atoms with van der Waals surface area (Å²) in [6.45, 7) is 2.18. The number of benzene rings is 2. The van der Waals surface area contributed by atoms with Crippen LogP contribution in [0.1, 0.15) is 20.8 Å². The summed E-state index contributed by atoms with van der Waals surface area (Å²) >= 11 is 1.35. The Bertz CT molecular complexity index is 848. The lowest BCUT2D eigenvalue weighted by Gasteiger charge is -2.21. The predicted octanol–water partition coefficient (Wildman–Crippen LogP) is 3.01. The van der Waals surface area contributed by atoms with Crippen molar-refractivity contribution in [2.75, 3.05) is 13.2 Å². The first-order chi connectivity index (χ1) is 12.2. The van der Waals surface area contributed by atoms with Crippen molar-refractivity contribution in [1.82, 2.24) is 10.4 Å². The Morgan fingerprint density at radius 1 is 1.04 bits per heavy atom. The van der Waals surface area contributed by atoms with Crippen molar-refractivity contribution < 1.29 is 15.1 Å². The van der Waals surface area contributed by atoms with Crippen LogP contribution < -0.4 is 5.48 Å². The lowest BCUT2D eigenvalue weighted by molar-refractivity contribution is 0.0711. The molecule has 0 aliphatic rings. The molecule has 0 fully saturated rings. The van der Waals surface area contributed by atoms with E-state index in [1.807, 2.05) is 30.3 Å². The molecule has 3 aromatic rings. The third kappa shape index (κ3) is 4.43. The van der Waals surface area contributed by atoms with Gasteiger partial charge in [0, 0.05) is 24.3 Å². The zero-order valence-corrected chi connectivity index (χ0v) is 14.5. The fourth-order valence-corrected chi connectivity index (χ4v) is 3.81. The van der Waals surface area contributed by atoms with Crippen molar-refractivity contribution in [2.45, 2.75) is 13.1 Å². The Balaban J connectivity index is 1.78. The topological polar surface area (TPSA) is 72.8 Å². The summed E-state index contributed by atoms with van der Waals surface area (Å²) in [5, 5.41) is 19.1. The van der Waals surface area contributed by atoms with Crippen LogP contribution in [0, 0.1) is 0 Å². The molecule has 0 spiro atoms. The van der Waals surface area contributed by atoms with E-state index in [0.29, 0.717) is 18.0 Å². The van der Waals surface area contributed by atoms with Crippen molar-refractivity contribution in [3.05, 3.63) is 70.6 Å². The Morgan fingerprint density at radius 3 is 2.52 bits per heavy atom. The first-order valence-corrected chi connectivity index (χ1v) is 8.85. The van der Waals surface area contributed by atoms with Gasteiger partial charge in [-0.2, -0.15) is 0 Å². The number of nitrogens with one attached hydrogen (secondary N) is 1. The van der Waals surface area contributed by atoms with Crippen LogP contribution in [0.4, 0.5) is 0 Å². The van der Waals surface area contributed by atoms with Crippen molar-refractivity contribution in [3.63, 3.8) is 0 Å². The van der Waals surface area contributed by atoms with Crippen LogP contribution in [-0.2, 0) is 13.1 Å². The van der Waals surface area contributed by atoms with Gasteiger partial charge in [0.25, 0.3) is 5.91 Å². The summed E-state index contributed by atoms with van der Waals surface area (Å²) in [4.78, 5) is 14.2. The number of hydrogen-bond acceptors (Lipinski definition) is 5. The standard InChI is InChI=1S/C19H20N2O3S/c22-9-8-21(12-14-4-2-1-3-5-14)13-15-6-7-16-11-18(19(23)20-24)25-17(16)10-15/h1-7,10-11,22,24H,8-9,12-13H2,(H,20,23). The largest absolute Gasteiger partial charge is 0.395 e. The molecule has 1 heterocycles. The van der Waals surface area contributed by atoms with Gasteiger partial charge >= 0.3 is 0 Å². The summed E-state index contributed by atoms with van der Waals surface area (Å²) in [7, 11) is 0. The van der Waals surface area contributed by atoms with Crippen LogP contribution in [0.25, 0.3) is 10.1 Å². The highest BCUT2D eigenvalue weighted by atomic mass is 32.1. The van der Waals surface area contributed by atoms with E-state index in [1.54, 1.807) is 11.5 Å². The molecule has 0 radical (unpaired) electrons. The summed E-state index contributed by atoms with van der Waals surface area (Å²) in [5.41, 5.74) is 3.99. The maximum absolute atomic E-state index is 11.5. The van der Waals surface area contributed by atoms with Gasteiger partial charge in [0.05, 0.1) is 11.5 Å². The van der Waals surface area contributed by atoms with E-state index in [9.17, 15) is 9.90 Å². The fourth-order valence-electron chi connectivity index (χ4n) is 2.80. The van der Waals surface area contributed by atoms with E-state index in [-0.39, 0.29) is 6.61 Å². The van der Waals surface area contributed by atoms with E-state index < -0.39 is 5.91 Å². The molecule has 0 bridgehead atoms. The zero-order valence-electron chi connectivity index (χ0n) is 13.7. The van der Waals surface area contributed by atoms with E-state index in [0.717, 1.165) is 22.2 Å². The molecule has 25 heavy (non-hydrogen) atoms. The number of hydrogen-bond donors (Lipinski definition) is 3. The molecule has 0 unspecified atom stereocenters. The van der Waals surface area contributed by atoms with Gasteiger partial charge in [-0.1, -0.05) is 42.5 Å². The van der Waals surface area contributed by atoms with Crippen molar-refractivity contribution in [1.29, 1.82) is 0 Å². The first kappa shape index (κ1) is 17.6. The van der Waals surface area contributed by atoms with Gasteiger partial charge in [-0.3, -0.25) is 14.9 Å². The van der Waals surface area contributed by atoms with Gasteiger partial charge in [0.2, 0.25) is 0 Å². The molecular formula is C19H20N2O3S. The quantitative estimate of drug-likeness (QED) is 0.449. The number of carbonyl (C=O) groups excluding carboxylic acids is 1. The molecule has 6 heteroatoms. The monoisotopic (exact) mass is 356 g/mol. The van der Waals surface area contributed by atoms with Gasteiger partial charge < -0.3 is 5.11 Å². The summed E-state index contributed by atoms with van der Waals surface area (Å²) < 4.78 is 1.000. The van der Waals surface area contributed by atoms with Crippen molar-refractivity contribution >= 4 is 27.3 Å². The van der Waals surface area contributed by atoms with E-state index in [1.165, 1.54) is 16.9 Å². The second kappa shape index (κ2) is 8.22. The average Bonchev–Trinajstić information content (AvgIpc) is 3.05. The molecule has 130 valence electrons. The van der Waals surface area contributed by atoms with Crippen LogP contribution in [0.15, 0.2) is 54.6 Å². The van der Waals surface area contributed by atoms with Gasteiger partial charge in [-0.05, 0) is 28.6 Å². The molecule has 0 aliphatic carbocycles. The lowest BCUT2D eigenvalue weighted by atomic mass is 10.1. The van der Waals surface area contributed by atoms with E-state index >= 15 is 0 Å². The average molecular weight is 356 g/mol. The first-order valence-electron chi connectivity index (χ1n) is 8.03. The Kier molecular flexibility index (Phi) is 5.78. The summed E-state index contributed by atoms with van der Waals surface area (Å²) in [5.74, 6) is -0.492. The molecule has 3 rings (SSSR count). The number of thiophene rings is 1. The van der Waals surface area contributed by atoms with E-state index in [2.05, 4.69) is 23.1 Å².